The standard InChI is InChI=1S/C15H31N3O/c1-6-17-15(5,14(16)19)9-13(4)18-10-11(2)7-8-12(18)3/h11-13,17H,6-10H2,1-5H3,(H2,16,19). The van der Waals surface area contributed by atoms with Gasteiger partial charge in [-0.2, -0.15) is 0 Å². The predicted molar refractivity (Wildman–Crippen MR) is 79.9 cm³/mol. The van der Waals surface area contributed by atoms with Crippen molar-refractivity contribution in [2.24, 2.45) is 11.7 Å². The van der Waals surface area contributed by atoms with Crippen molar-refractivity contribution in [2.45, 2.75) is 71.5 Å². The molecule has 112 valence electrons. The minimum absolute atomic E-state index is 0.251. The van der Waals surface area contributed by atoms with Gasteiger partial charge in [-0.05, 0) is 52.5 Å². The third-order valence-corrected chi connectivity index (χ3v) is 4.55. The molecule has 0 radical (unpaired) electrons. The molecule has 0 saturated carbocycles. The van der Waals surface area contributed by atoms with Gasteiger partial charge in [-0.15, -0.1) is 0 Å². The molecule has 1 saturated heterocycles. The average Bonchev–Trinajstić information content (AvgIpc) is 2.32. The number of hydrogen-bond acceptors (Lipinski definition) is 3. The largest absolute Gasteiger partial charge is 0.368 e. The number of carbonyl (C=O) groups excluding carboxylic acids is 1. The summed E-state index contributed by atoms with van der Waals surface area (Å²) in [6.07, 6.45) is 3.33. The van der Waals surface area contributed by atoms with Gasteiger partial charge in [-0.25, -0.2) is 0 Å². The van der Waals surface area contributed by atoms with E-state index in [0.29, 0.717) is 12.1 Å². The molecule has 0 aromatic heterocycles. The monoisotopic (exact) mass is 269 g/mol. The Hall–Kier alpha value is -0.610. The topological polar surface area (TPSA) is 58.4 Å². The Morgan fingerprint density at radius 2 is 2.11 bits per heavy atom. The van der Waals surface area contributed by atoms with Gasteiger partial charge in [0.25, 0.3) is 0 Å². The molecule has 0 aromatic rings. The average molecular weight is 269 g/mol. The molecule has 4 atom stereocenters. The molecule has 19 heavy (non-hydrogen) atoms. The van der Waals surface area contributed by atoms with Gasteiger partial charge in [0.1, 0.15) is 0 Å². The van der Waals surface area contributed by atoms with Crippen LogP contribution >= 0.6 is 0 Å². The molecular weight excluding hydrogens is 238 g/mol. The fourth-order valence-corrected chi connectivity index (χ4v) is 3.30. The lowest BCUT2D eigenvalue weighted by molar-refractivity contribution is -0.124. The van der Waals surface area contributed by atoms with Gasteiger partial charge in [-0.1, -0.05) is 13.8 Å². The van der Waals surface area contributed by atoms with E-state index >= 15 is 0 Å². The van der Waals surface area contributed by atoms with Gasteiger partial charge in [-0.3, -0.25) is 9.69 Å². The molecule has 4 nitrogen and oxygen atoms in total. The van der Waals surface area contributed by atoms with E-state index in [1.165, 1.54) is 12.8 Å². The summed E-state index contributed by atoms with van der Waals surface area (Å²) in [6, 6.07) is 0.972. The summed E-state index contributed by atoms with van der Waals surface area (Å²) in [4.78, 5) is 14.3. The van der Waals surface area contributed by atoms with Crippen molar-refractivity contribution in [3.63, 3.8) is 0 Å². The van der Waals surface area contributed by atoms with Gasteiger partial charge < -0.3 is 11.1 Å². The van der Waals surface area contributed by atoms with Crippen molar-refractivity contribution in [3.8, 4) is 0 Å². The molecule has 1 heterocycles. The number of likely N-dealkylation sites (N-methyl/N-ethyl adjacent to an activating group) is 1. The van der Waals surface area contributed by atoms with Crippen LogP contribution in [-0.2, 0) is 4.79 Å². The molecule has 0 aliphatic carbocycles. The van der Waals surface area contributed by atoms with Crippen molar-refractivity contribution in [1.29, 1.82) is 0 Å². The molecule has 1 fully saturated rings. The number of carbonyl (C=O) groups is 1. The Kier molecular flexibility index (Phi) is 5.81. The SMILES string of the molecule is CCNC(C)(CC(C)N1CC(C)CCC1C)C(N)=O. The molecule has 0 bridgehead atoms. The van der Waals surface area contributed by atoms with E-state index in [9.17, 15) is 4.79 Å². The van der Waals surface area contributed by atoms with Crippen LogP contribution in [0.1, 0.15) is 53.9 Å². The zero-order valence-electron chi connectivity index (χ0n) is 13.2. The number of nitrogens with one attached hydrogen (secondary N) is 1. The molecule has 4 heteroatoms. The number of rotatable bonds is 6. The highest BCUT2D eigenvalue weighted by Crippen LogP contribution is 2.26. The quantitative estimate of drug-likeness (QED) is 0.772. The number of nitrogens with two attached hydrogens (primary N) is 1. The van der Waals surface area contributed by atoms with Crippen LogP contribution in [-0.4, -0.2) is 41.5 Å². The maximum Gasteiger partial charge on any atom is 0.237 e. The van der Waals surface area contributed by atoms with Crippen molar-refractivity contribution in [3.05, 3.63) is 0 Å². The van der Waals surface area contributed by atoms with Crippen LogP contribution in [0.4, 0.5) is 0 Å². The van der Waals surface area contributed by atoms with Crippen LogP contribution in [0.2, 0.25) is 0 Å². The van der Waals surface area contributed by atoms with Crippen molar-refractivity contribution >= 4 is 5.91 Å². The van der Waals surface area contributed by atoms with Gasteiger partial charge in [0.2, 0.25) is 5.91 Å². The summed E-state index contributed by atoms with van der Waals surface area (Å²) in [6.45, 7) is 12.6. The third-order valence-electron chi connectivity index (χ3n) is 4.55. The van der Waals surface area contributed by atoms with Gasteiger partial charge >= 0.3 is 0 Å². The molecule has 0 aromatic carbocycles. The van der Waals surface area contributed by atoms with Crippen molar-refractivity contribution in [2.75, 3.05) is 13.1 Å². The molecule has 0 spiro atoms. The van der Waals surface area contributed by atoms with E-state index in [-0.39, 0.29) is 5.91 Å². The number of hydrogen-bond donors (Lipinski definition) is 2. The summed E-state index contributed by atoms with van der Waals surface area (Å²) < 4.78 is 0. The summed E-state index contributed by atoms with van der Waals surface area (Å²) >= 11 is 0. The molecule has 3 N–H and O–H groups in total. The highest BCUT2D eigenvalue weighted by atomic mass is 16.1. The highest BCUT2D eigenvalue weighted by Gasteiger charge is 2.35. The number of primary amides is 1. The molecule has 1 rings (SSSR count). The van der Waals surface area contributed by atoms with Gasteiger partial charge in [0.05, 0.1) is 5.54 Å². The predicted octanol–water partition coefficient (Wildman–Crippen LogP) is 1.74. The summed E-state index contributed by atoms with van der Waals surface area (Å²) in [7, 11) is 0. The normalized spacial score (nSPS) is 29.7. The van der Waals surface area contributed by atoms with Crippen molar-refractivity contribution < 1.29 is 4.79 Å². The van der Waals surface area contributed by atoms with E-state index in [2.05, 4.69) is 31.0 Å². The Morgan fingerprint density at radius 1 is 1.47 bits per heavy atom. The lowest BCUT2D eigenvalue weighted by Gasteiger charge is -2.43. The van der Waals surface area contributed by atoms with Crippen LogP contribution in [0.25, 0.3) is 0 Å². The minimum Gasteiger partial charge on any atom is -0.368 e. The molecule has 1 aliphatic heterocycles. The fourth-order valence-electron chi connectivity index (χ4n) is 3.30. The molecule has 1 aliphatic rings. The van der Waals surface area contributed by atoms with Gasteiger partial charge in [0, 0.05) is 18.6 Å². The smallest absolute Gasteiger partial charge is 0.237 e. The van der Waals surface area contributed by atoms with Gasteiger partial charge in [0.15, 0.2) is 0 Å². The number of nitrogens with zero attached hydrogens (tertiary/aromatic N) is 1. The van der Waals surface area contributed by atoms with Crippen LogP contribution in [0.5, 0.6) is 0 Å². The lowest BCUT2D eigenvalue weighted by Crippen LogP contribution is -2.57. The fraction of sp³-hybridized carbons (Fsp3) is 0.933. The van der Waals surface area contributed by atoms with E-state index in [0.717, 1.165) is 25.4 Å². The van der Waals surface area contributed by atoms with Crippen LogP contribution in [0, 0.1) is 5.92 Å². The third kappa shape index (κ3) is 4.18. The zero-order chi connectivity index (χ0) is 14.6. The Morgan fingerprint density at radius 3 is 2.63 bits per heavy atom. The number of piperidine rings is 1. The first kappa shape index (κ1) is 16.4. The first-order valence-electron chi connectivity index (χ1n) is 7.60. The van der Waals surface area contributed by atoms with Crippen LogP contribution in [0.15, 0.2) is 0 Å². The molecular formula is C15H31N3O. The van der Waals surface area contributed by atoms with E-state index in [1.54, 1.807) is 0 Å². The first-order valence-corrected chi connectivity index (χ1v) is 7.60. The maximum atomic E-state index is 11.7. The molecule has 1 amide bonds. The molecule has 4 unspecified atom stereocenters. The second-order valence-electron chi connectivity index (χ2n) is 6.51. The number of amides is 1. The lowest BCUT2D eigenvalue weighted by atomic mass is 9.88. The maximum absolute atomic E-state index is 11.7. The second-order valence-corrected chi connectivity index (χ2v) is 6.51. The van der Waals surface area contributed by atoms with E-state index in [1.807, 2.05) is 13.8 Å². The zero-order valence-corrected chi connectivity index (χ0v) is 13.2. The summed E-state index contributed by atoms with van der Waals surface area (Å²) in [5.74, 6) is 0.497. The number of likely N-dealkylation sites (tertiary alicyclic amines) is 1. The van der Waals surface area contributed by atoms with Crippen LogP contribution in [0.3, 0.4) is 0 Å². The minimum atomic E-state index is -0.603. The van der Waals surface area contributed by atoms with E-state index in [4.69, 9.17) is 5.73 Å². The summed E-state index contributed by atoms with van der Waals surface area (Å²) in [5.41, 5.74) is 4.97. The summed E-state index contributed by atoms with van der Waals surface area (Å²) in [5, 5.41) is 3.25. The van der Waals surface area contributed by atoms with Crippen LogP contribution < -0.4 is 11.1 Å². The van der Waals surface area contributed by atoms with E-state index < -0.39 is 5.54 Å². The Bertz CT molecular complexity index is 308. The van der Waals surface area contributed by atoms with Crippen molar-refractivity contribution in [1.82, 2.24) is 10.2 Å². The first-order chi connectivity index (χ1) is 8.80. The Labute approximate surface area is 118 Å². The Balaban J connectivity index is 2.70. The highest BCUT2D eigenvalue weighted by molar-refractivity contribution is 5.84. The second kappa shape index (κ2) is 6.71.